The first-order chi connectivity index (χ1) is 17.8. The van der Waals surface area contributed by atoms with Gasteiger partial charge in [-0.15, -0.1) is 0 Å². The molecule has 1 aromatic rings. The standard InChI is InChI=1S/C16H32O2.C10H13N5O4/c1-2-3-4-5-6-7-8-9-10-11-12-13-14-15-16(17)18;1-5-3-15(10(18)12-9(5)17)8-2-6(13-14-11)7(4-16)19-8/h2-15H2,1H3,(H,17,18);3,6-8,16H,2,4H2,1H3,(H,12,17,18)/t;6-,7+,8+/m.0/s1. The molecule has 0 aromatic carbocycles. The molecular formula is C26H45N5O6. The van der Waals surface area contributed by atoms with Crippen LogP contribution in [0.2, 0.25) is 0 Å². The molecule has 0 unspecified atom stereocenters. The van der Waals surface area contributed by atoms with E-state index in [4.69, 9.17) is 20.5 Å². The van der Waals surface area contributed by atoms with Gasteiger partial charge in [0.1, 0.15) is 6.23 Å². The first-order valence-corrected chi connectivity index (χ1v) is 13.7. The highest BCUT2D eigenvalue weighted by Gasteiger charge is 2.35. The molecular weight excluding hydrogens is 478 g/mol. The molecule has 1 aliphatic rings. The number of aromatic nitrogens is 2. The largest absolute Gasteiger partial charge is 0.481 e. The van der Waals surface area contributed by atoms with Gasteiger partial charge in [0.25, 0.3) is 5.56 Å². The number of ether oxygens (including phenoxy) is 1. The van der Waals surface area contributed by atoms with Crippen molar-refractivity contribution in [3.63, 3.8) is 0 Å². The molecule has 11 nitrogen and oxygen atoms in total. The van der Waals surface area contributed by atoms with Crippen molar-refractivity contribution >= 4 is 5.97 Å². The van der Waals surface area contributed by atoms with Crippen LogP contribution in [-0.4, -0.2) is 44.5 Å². The SMILES string of the molecule is CCCCCCCCCCCCCCCC(=O)O.Cc1cn([C@H]2C[C@H](N=[N+]=[N-])[C@@H](CO)O2)c(=O)[nH]c1=O. The summed E-state index contributed by atoms with van der Waals surface area (Å²) in [6.45, 7) is 3.52. The van der Waals surface area contributed by atoms with Crippen LogP contribution in [0.5, 0.6) is 0 Å². The molecule has 11 heteroatoms. The summed E-state index contributed by atoms with van der Waals surface area (Å²) >= 11 is 0. The third-order valence-corrected chi connectivity index (χ3v) is 6.53. The van der Waals surface area contributed by atoms with Gasteiger partial charge in [-0.3, -0.25) is 19.1 Å². The third kappa shape index (κ3) is 13.5. The van der Waals surface area contributed by atoms with E-state index >= 15 is 0 Å². The van der Waals surface area contributed by atoms with Gasteiger partial charge in [-0.25, -0.2) is 4.79 Å². The van der Waals surface area contributed by atoms with Gasteiger partial charge in [-0.05, 0) is 18.9 Å². The number of hydrogen-bond donors (Lipinski definition) is 3. The zero-order valence-corrected chi connectivity index (χ0v) is 22.4. The molecule has 3 N–H and O–H groups in total. The first-order valence-electron chi connectivity index (χ1n) is 13.7. The predicted octanol–water partition coefficient (Wildman–Crippen LogP) is 5.36. The van der Waals surface area contributed by atoms with Crippen LogP contribution in [0.15, 0.2) is 20.9 Å². The van der Waals surface area contributed by atoms with E-state index in [2.05, 4.69) is 21.9 Å². The van der Waals surface area contributed by atoms with Crippen LogP contribution in [0.1, 0.15) is 115 Å². The van der Waals surface area contributed by atoms with Gasteiger partial charge in [0.2, 0.25) is 0 Å². The van der Waals surface area contributed by atoms with Gasteiger partial charge in [-0.1, -0.05) is 89.1 Å². The molecule has 1 fully saturated rings. The van der Waals surface area contributed by atoms with Crippen LogP contribution in [0, 0.1) is 6.92 Å². The number of hydrogen-bond acceptors (Lipinski definition) is 6. The van der Waals surface area contributed by atoms with E-state index in [1.165, 1.54) is 81.4 Å². The molecule has 0 amide bonds. The Bertz CT molecular complexity index is 940. The maximum atomic E-state index is 11.7. The number of aromatic amines is 1. The number of rotatable bonds is 17. The highest BCUT2D eigenvalue weighted by atomic mass is 16.5. The summed E-state index contributed by atoms with van der Waals surface area (Å²) in [5.41, 5.74) is 7.76. The first kappa shape index (κ1) is 32.4. The van der Waals surface area contributed by atoms with Crippen LogP contribution in [0.3, 0.4) is 0 Å². The zero-order chi connectivity index (χ0) is 27.5. The van der Waals surface area contributed by atoms with Gasteiger partial charge >= 0.3 is 11.7 Å². The molecule has 1 aliphatic heterocycles. The summed E-state index contributed by atoms with van der Waals surface area (Å²) in [6, 6.07) is -0.542. The van der Waals surface area contributed by atoms with Crippen molar-refractivity contribution in [3.8, 4) is 0 Å². The summed E-state index contributed by atoms with van der Waals surface area (Å²) in [7, 11) is 0. The lowest BCUT2D eigenvalue weighted by Crippen LogP contribution is -2.33. The van der Waals surface area contributed by atoms with Gasteiger partial charge in [0.05, 0.1) is 18.8 Å². The number of aliphatic carboxylic acids is 1. The molecule has 3 atom stereocenters. The molecule has 0 bridgehead atoms. The lowest BCUT2D eigenvalue weighted by molar-refractivity contribution is -0.137. The fourth-order valence-electron chi connectivity index (χ4n) is 4.33. The van der Waals surface area contributed by atoms with Crippen molar-refractivity contribution in [2.45, 2.75) is 129 Å². The summed E-state index contributed by atoms with van der Waals surface area (Å²) in [5.74, 6) is -0.655. The minimum absolute atomic E-state index is 0.265. The van der Waals surface area contributed by atoms with Crippen LogP contribution in [-0.2, 0) is 9.53 Å². The highest BCUT2D eigenvalue weighted by molar-refractivity contribution is 5.66. The molecule has 1 saturated heterocycles. The topological polar surface area (TPSA) is 170 Å². The monoisotopic (exact) mass is 523 g/mol. The highest BCUT2D eigenvalue weighted by Crippen LogP contribution is 2.29. The number of carboxylic acids is 1. The van der Waals surface area contributed by atoms with Gasteiger partial charge in [0.15, 0.2) is 0 Å². The second-order valence-corrected chi connectivity index (χ2v) is 9.68. The Hall–Kier alpha value is -2.62. The Kier molecular flexibility index (Phi) is 17.1. The fourth-order valence-corrected chi connectivity index (χ4v) is 4.33. The van der Waals surface area contributed by atoms with Crippen LogP contribution in [0.4, 0.5) is 0 Å². The van der Waals surface area contributed by atoms with Crippen molar-refractivity contribution in [1.29, 1.82) is 0 Å². The maximum Gasteiger partial charge on any atom is 0.330 e. The number of aliphatic hydroxyl groups is 1. The molecule has 210 valence electrons. The van der Waals surface area contributed by atoms with Gasteiger partial charge in [0, 0.05) is 29.5 Å². The second-order valence-electron chi connectivity index (χ2n) is 9.68. The van der Waals surface area contributed by atoms with Crippen molar-refractivity contribution in [2.75, 3.05) is 6.61 Å². The number of carboxylic acid groups (broad SMARTS) is 1. The summed E-state index contributed by atoms with van der Waals surface area (Å²) in [4.78, 5) is 38.1. The Morgan fingerprint density at radius 3 is 2.11 bits per heavy atom. The van der Waals surface area contributed by atoms with Crippen molar-refractivity contribution in [1.82, 2.24) is 9.55 Å². The second kappa shape index (κ2) is 19.5. The number of aryl methyl sites for hydroxylation is 1. The molecule has 2 rings (SSSR count). The van der Waals surface area contributed by atoms with Crippen molar-refractivity contribution < 1.29 is 19.7 Å². The number of carbonyl (C=O) groups is 1. The minimum atomic E-state index is -0.671. The fraction of sp³-hybridized carbons (Fsp3) is 0.808. The normalized spacial score (nSPS) is 18.6. The smallest absolute Gasteiger partial charge is 0.330 e. The predicted molar refractivity (Wildman–Crippen MR) is 143 cm³/mol. The molecule has 0 aliphatic carbocycles. The van der Waals surface area contributed by atoms with E-state index in [1.807, 2.05) is 0 Å². The number of H-pyrrole nitrogens is 1. The zero-order valence-electron chi connectivity index (χ0n) is 22.4. The maximum absolute atomic E-state index is 11.7. The number of unbranched alkanes of at least 4 members (excludes halogenated alkanes) is 12. The quantitative estimate of drug-likeness (QED) is 0.107. The third-order valence-electron chi connectivity index (χ3n) is 6.53. The van der Waals surface area contributed by atoms with E-state index in [0.717, 1.165) is 12.8 Å². The van der Waals surface area contributed by atoms with Gasteiger partial charge in [-0.2, -0.15) is 0 Å². The average Bonchev–Trinajstić information content (AvgIpc) is 3.27. The van der Waals surface area contributed by atoms with Crippen LogP contribution >= 0.6 is 0 Å². The lowest BCUT2D eigenvalue weighted by Gasteiger charge is -2.14. The summed E-state index contributed by atoms with van der Waals surface area (Å²) in [5, 5.41) is 21.2. The van der Waals surface area contributed by atoms with E-state index in [1.54, 1.807) is 6.92 Å². The van der Waals surface area contributed by atoms with Crippen LogP contribution in [0.25, 0.3) is 10.4 Å². The minimum Gasteiger partial charge on any atom is -0.481 e. The molecule has 37 heavy (non-hydrogen) atoms. The Balaban J connectivity index is 0.000000371. The van der Waals surface area contributed by atoms with Gasteiger partial charge < -0.3 is 14.9 Å². The number of nitrogens with one attached hydrogen (secondary N) is 1. The summed E-state index contributed by atoms with van der Waals surface area (Å²) in [6.07, 6.45) is 17.6. The molecule has 0 spiro atoms. The summed E-state index contributed by atoms with van der Waals surface area (Å²) < 4.78 is 6.69. The van der Waals surface area contributed by atoms with Crippen LogP contribution < -0.4 is 11.2 Å². The van der Waals surface area contributed by atoms with E-state index in [9.17, 15) is 14.4 Å². The molecule has 2 heterocycles. The van der Waals surface area contributed by atoms with Crippen molar-refractivity contribution in [3.05, 3.63) is 43.0 Å². The van der Waals surface area contributed by atoms with Crippen molar-refractivity contribution in [2.24, 2.45) is 5.11 Å². The number of aliphatic hydroxyl groups excluding tert-OH is 1. The van der Waals surface area contributed by atoms with E-state index in [-0.39, 0.29) is 13.0 Å². The lowest BCUT2D eigenvalue weighted by atomic mass is 10.0. The number of nitrogens with zero attached hydrogens (tertiary/aromatic N) is 4. The molecule has 1 aromatic heterocycles. The molecule has 0 saturated carbocycles. The Labute approximate surface area is 218 Å². The Morgan fingerprint density at radius 1 is 1.08 bits per heavy atom. The van der Waals surface area contributed by atoms with E-state index < -0.39 is 35.6 Å². The number of azide groups is 1. The average molecular weight is 524 g/mol. The Morgan fingerprint density at radius 2 is 1.62 bits per heavy atom. The molecule has 0 radical (unpaired) electrons. The van der Waals surface area contributed by atoms with E-state index in [0.29, 0.717) is 12.0 Å².